The molecule has 1 unspecified atom stereocenters. The Bertz CT molecular complexity index is 830. The Balaban J connectivity index is 1.68. The Hall–Kier alpha value is -2.66. The molecule has 0 fully saturated rings. The van der Waals surface area contributed by atoms with Crippen LogP contribution >= 0.6 is 0 Å². The zero-order valence-corrected chi connectivity index (χ0v) is 14.0. The Morgan fingerprint density at radius 1 is 1.25 bits per heavy atom. The molecule has 3 aromatic rings. The number of hydrogen-bond acceptors (Lipinski definition) is 3. The summed E-state index contributed by atoms with van der Waals surface area (Å²) in [6, 6.07) is 11.9. The maximum absolute atomic E-state index is 12.4. The Morgan fingerprint density at radius 3 is 2.67 bits per heavy atom. The first-order valence-corrected chi connectivity index (χ1v) is 8.09. The molecule has 0 saturated carbocycles. The van der Waals surface area contributed by atoms with Gasteiger partial charge in [-0.3, -0.25) is 4.79 Å². The number of nitrogens with two attached hydrogens (primary N) is 1. The minimum absolute atomic E-state index is 0.115. The monoisotopic (exact) mass is 322 g/mol. The molecule has 0 aliphatic rings. The van der Waals surface area contributed by atoms with E-state index in [1.54, 1.807) is 6.33 Å². The molecule has 0 amide bonds. The molecule has 0 aliphatic heterocycles. The molecule has 1 atom stereocenters. The summed E-state index contributed by atoms with van der Waals surface area (Å²) in [6.07, 6.45) is 5.76. The van der Waals surface area contributed by atoms with Crippen molar-refractivity contribution in [1.82, 2.24) is 14.1 Å². The van der Waals surface area contributed by atoms with E-state index >= 15 is 0 Å². The molecular weight excluding hydrogens is 300 g/mol. The third-order valence-corrected chi connectivity index (χ3v) is 4.23. The highest BCUT2D eigenvalue weighted by Gasteiger charge is 2.12. The van der Waals surface area contributed by atoms with Crippen LogP contribution in [0.25, 0.3) is 11.3 Å². The number of carbonyl (C=O) groups excluding carboxylic acids is 1. The first-order chi connectivity index (χ1) is 11.6. The summed E-state index contributed by atoms with van der Waals surface area (Å²) in [7, 11) is 0. The van der Waals surface area contributed by atoms with Gasteiger partial charge in [-0.25, -0.2) is 4.98 Å². The standard InChI is InChI=1S/C19H22N4O/c1-14-19(16-6-4-3-5-7-16)21-13-23(14)11-9-18(24)17-8-10-22(12-17)15(2)20/h3-8,10,12-13,15H,9,11,20H2,1-2H3. The van der Waals surface area contributed by atoms with Gasteiger partial charge in [0, 0.05) is 42.2 Å². The summed E-state index contributed by atoms with van der Waals surface area (Å²) in [5.74, 6) is 0.115. The van der Waals surface area contributed by atoms with E-state index in [9.17, 15) is 4.79 Å². The van der Waals surface area contributed by atoms with Crippen LogP contribution in [0, 0.1) is 6.92 Å². The largest absolute Gasteiger partial charge is 0.338 e. The molecule has 0 saturated heterocycles. The predicted octanol–water partition coefficient (Wildman–Crippen LogP) is 3.41. The maximum Gasteiger partial charge on any atom is 0.166 e. The lowest BCUT2D eigenvalue weighted by Crippen LogP contribution is -2.12. The number of nitrogens with zero attached hydrogens (tertiary/aromatic N) is 3. The molecule has 0 bridgehead atoms. The highest BCUT2D eigenvalue weighted by molar-refractivity contribution is 5.95. The number of benzene rings is 1. The van der Waals surface area contributed by atoms with Crippen LogP contribution in [-0.4, -0.2) is 19.9 Å². The summed E-state index contributed by atoms with van der Waals surface area (Å²) in [5.41, 5.74) is 9.64. The predicted molar refractivity (Wildman–Crippen MR) is 94.7 cm³/mol. The second-order valence-electron chi connectivity index (χ2n) is 6.00. The number of Topliss-reactive ketones (excluding diaryl/α,β-unsaturated/α-hetero) is 1. The summed E-state index contributed by atoms with van der Waals surface area (Å²) in [6.45, 7) is 4.54. The van der Waals surface area contributed by atoms with Crippen LogP contribution in [0.1, 0.15) is 35.6 Å². The van der Waals surface area contributed by atoms with Crippen LogP contribution in [0.2, 0.25) is 0 Å². The fraction of sp³-hybridized carbons (Fsp3) is 0.263. The summed E-state index contributed by atoms with van der Waals surface area (Å²) < 4.78 is 3.87. The highest BCUT2D eigenvalue weighted by atomic mass is 16.1. The molecule has 124 valence electrons. The van der Waals surface area contributed by atoms with Crippen LogP contribution < -0.4 is 5.73 Å². The number of rotatable bonds is 6. The molecule has 0 radical (unpaired) electrons. The van der Waals surface area contributed by atoms with Crippen molar-refractivity contribution in [3.8, 4) is 11.3 Å². The van der Waals surface area contributed by atoms with Gasteiger partial charge in [0.2, 0.25) is 0 Å². The Labute approximate surface area is 141 Å². The van der Waals surface area contributed by atoms with Crippen LogP contribution in [-0.2, 0) is 6.54 Å². The molecule has 0 spiro atoms. The number of carbonyl (C=O) groups is 1. The molecule has 2 aromatic heterocycles. The average molecular weight is 322 g/mol. The normalized spacial score (nSPS) is 12.3. The van der Waals surface area contributed by atoms with Crippen LogP contribution in [0.4, 0.5) is 0 Å². The number of hydrogen-bond donors (Lipinski definition) is 1. The Morgan fingerprint density at radius 2 is 2.00 bits per heavy atom. The highest BCUT2D eigenvalue weighted by Crippen LogP contribution is 2.21. The molecule has 2 heterocycles. The van der Waals surface area contributed by atoms with Crippen molar-refractivity contribution >= 4 is 5.78 Å². The zero-order chi connectivity index (χ0) is 17.1. The minimum Gasteiger partial charge on any atom is -0.338 e. The van der Waals surface area contributed by atoms with Gasteiger partial charge in [-0.15, -0.1) is 0 Å². The van der Waals surface area contributed by atoms with Gasteiger partial charge in [-0.2, -0.15) is 0 Å². The number of aromatic nitrogens is 3. The number of imidazole rings is 1. The quantitative estimate of drug-likeness (QED) is 0.707. The third kappa shape index (κ3) is 3.31. The number of aryl methyl sites for hydroxylation is 1. The lowest BCUT2D eigenvalue weighted by molar-refractivity contribution is 0.0977. The van der Waals surface area contributed by atoms with E-state index in [4.69, 9.17) is 5.73 Å². The van der Waals surface area contributed by atoms with Gasteiger partial charge in [-0.1, -0.05) is 30.3 Å². The smallest absolute Gasteiger partial charge is 0.166 e. The van der Waals surface area contributed by atoms with Crippen molar-refractivity contribution in [2.24, 2.45) is 5.73 Å². The van der Waals surface area contributed by atoms with Gasteiger partial charge in [0.1, 0.15) is 0 Å². The fourth-order valence-electron chi connectivity index (χ4n) is 2.75. The number of ketones is 1. The third-order valence-electron chi connectivity index (χ3n) is 4.23. The molecule has 2 N–H and O–H groups in total. The van der Waals surface area contributed by atoms with Crippen molar-refractivity contribution in [3.63, 3.8) is 0 Å². The van der Waals surface area contributed by atoms with E-state index in [-0.39, 0.29) is 11.9 Å². The molecule has 5 nitrogen and oxygen atoms in total. The van der Waals surface area contributed by atoms with E-state index in [0.29, 0.717) is 18.5 Å². The molecule has 1 aromatic carbocycles. The van der Waals surface area contributed by atoms with E-state index in [1.807, 2.05) is 71.8 Å². The van der Waals surface area contributed by atoms with Crippen molar-refractivity contribution in [2.45, 2.75) is 33.0 Å². The van der Waals surface area contributed by atoms with Crippen LogP contribution in [0.15, 0.2) is 55.1 Å². The molecule has 0 aliphatic carbocycles. The summed E-state index contributed by atoms with van der Waals surface area (Å²) >= 11 is 0. The minimum atomic E-state index is -0.129. The molecule has 3 rings (SSSR count). The maximum atomic E-state index is 12.4. The molecular formula is C19H22N4O. The van der Waals surface area contributed by atoms with E-state index in [0.717, 1.165) is 17.0 Å². The van der Waals surface area contributed by atoms with Gasteiger partial charge in [0.05, 0.1) is 18.2 Å². The SMILES string of the molecule is Cc1c(-c2ccccc2)ncn1CCC(=O)c1ccn(C(C)N)c1. The van der Waals surface area contributed by atoms with Crippen LogP contribution in [0.3, 0.4) is 0 Å². The first kappa shape index (κ1) is 16.2. The van der Waals surface area contributed by atoms with Crippen molar-refractivity contribution < 1.29 is 4.79 Å². The lowest BCUT2D eigenvalue weighted by atomic mass is 10.1. The van der Waals surface area contributed by atoms with Crippen molar-refractivity contribution in [1.29, 1.82) is 0 Å². The molecule has 24 heavy (non-hydrogen) atoms. The topological polar surface area (TPSA) is 65.8 Å². The average Bonchev–Trinajstić information content (AvgIpc) is 3.21. The van der Waals surface area contributed by atoms with E-state index in [1.165, 1.54) is 0 Å². The van der Waals surface area contributed by atoms with Gasteiger partial charge in [0.15, 0.2) is 5.78 Å². The summed E-state index contributed by atoms with van der Waals surface area (Å²) in [5, 5.41) is 0. The zero-order valence-electron chi connectivity index (χ0n) is 14.0. The van der Waals surface area contributed by atoms with Gasteiger partial charge < -0.3 is 14.9 Å². The molecule has 5 heteroatoms. The van der Waals surface area contributed by atoms with Crippen molar-refractivity contribution in [3.05, 3.63) is 66.4 Å². The second kappa shape index (κ2) is 6.84. The Kier molecular flexibility index (Phi) is 4.62. The summed E-state index contributed by atoms with van der Waals surface area (Å²) in [4.78, 5) is 16.8. The lowest BCUT2D eigenvalue weighted by Gasteiger charge is -2.06. The van der Waals surface area contributed by atoms with E-state index < -0.39 is 0 Å². The van der Waals surface area contributed by atoms with Gasteiger partial charge in [0.25, 0.3) is 0 Å². The van der Waals surface area contributed by atoms with Crippen molar-refractivity contribution in [2.75, 3.05) is 0 Å². The second-order valence-corrected chi connectivity index (χ2v) is 6.00. The van der Waals surface area contributed by atoms with Gasteiger partial charge >= 0.3 is 0 Å². The van der Waals surface area contributed by atoms with E-state index in [2.05, 4.69) is 4.98 Å². The van der Waals surface area contributed by atoms with Gasteiger partial charge in [-0.05, 0) is 19.9 Å². The fourth-order valence-corrected chi connectivity index (χ4v) is 2.75. The first-order valence-electron chi connectivity index (χ1n) is 8.09. The van der Waals surface area contributed by atoms with Crippen LogP contribution in [0.5, 0.6) is 0 Å².